The van der Waals surface area contributed by atoms with Gasteiger partial charge in [0, 0.05) is 0 Å². The van der Waals surface area contributed by atoms with Crippen molar-refractivity contribution in [2.45, 2.75) is 13.5 Å². The molecule has 0 amide bonds. The van der Waals surface area contributed by atoms with Crippen LogP contribution in [0, 0.1) is 11.3 Å². The molecule has 0 bridgehead atoms. The Bertz CT molecular complexity index is 1290. The molecule has 6 nitrogen and oxygen atoms in total. The van der Waals surface area contributed by atoms with Crippen LogP contribution in [0.4, 0.5) is 0 Å². The van der Waals surface area contributed by atoms with E-state index in [0.29, 0.717) is 41.3 Å². The van der Waals surface area contributed by atoms with Gasteiger partial charge in [-0.05, 0) is 41.8 Å². The predicted molar refractivity (Wildman–Crippen MR) is 118 cm³/mol. The van der Waals surface area contributed by atoms with Crippen LogP contribution in [0.25, 0.3) is 22.2 Å². The van der Waals surface area contributed by atoms with Gasteiger partial charge in [0.25, 0.3) is 6.01 Å². The number of hydrogen-bond donors (Lipinski definition) is 0. The predicted octanol–water partition coefficient (Wildman–Crippen LogP) is 4.81. The molecule has 0 aliphatic rings. The molecule has 0 unspecified atom stereocenters. The molecule has 0 radical (unpaired) electrons. The van der Waals surface area contributed by atoms with Gasteiger partial charge in [-0.1, -0.05) is 48.5 Å². The first kappa shape index (κ1) is 20.2. The summed E-state index contributed by atoms with van der Waals surface area (Å²) in [6.07, 6.45) is 0. The summed E-state index contributed by atoms with van der Waals surface area (Å²) in [5.74, 6) is -0.438. The second kappa shape index (κ2) is 8.72. The number of carbonyl (C=O) groups is 1. The smallest absolute Gasteiger partial charge is 0.340 e. The molecular formula is C25H21N3O3. The molecule has 4 rings (SSSR count). The van der Waals surface area contributed by atoms with Gasteiger partial charge < -0.3 is 9.47 Å². The third kappa shape index (κ3) is 3.86. The molecular weight excluding hydrogens is 390 g/mol. The van der Waals surface area contributed by atoms with Crippen LogP contribution in [-0.2, 0) is 11.3 Å². The van der Waals surface area contributed by atoms with E-state index in [2.05, 4.69) is 11.1 Å². The van der Waals surface area contributed by atoms with Crippen molar-refractivity contribution in [3.05, 3.63) is 83.4 Å². The number of hydrogen-bond acceptors (Lipinski definition) is 5. The third-order valence-electron chi connectivity index (χ3n) is 5.04. The van der Waals surface area contributed by atoms with Crippen molar-refractivity contribution in [2.24, 2.45) is 0 Å². The molecule has 0 aliphatic carbocycles. The van der Waals surface area contributed by atoms with Gasteiger partial charge in [0.1, 0.15) is 0 Å². The maximum absolute atomic E-state index is 12.4. The highest BCUT2D eigenvalue weighted by Crippen LogP contribution is 2.29. The Kier molecular flexibility index (Phi) is 5.67. The van der Waals surface area contributed by atoms with E-state index in [1.165, 1.54) is 7.11 Å². The number of fused-ring (bicyclic) bond motifs is 1. The fourth-order valence-corrected chi connectivity index (χ4v) is 3.66. The molecule has 0 saturated carbocycles. The summed E-state index contributed by atoms with van der Waals surface area (Å²) in [6.45, 7) is 2.71. The summed E-state index contributed by atoms with van der Waals surface area (Å²) in [6, 6.07) is 23.6. The lowest BCUT2D eigenvalue weighted by atomic mass is 9.98. The molecule has 0 aliphatic heterocycles. The maximum Gasteiger partial charge on any atom is 0.340 e. The minimum atomic E-state index is -0.438. The number of ether oxygens (including phenoxy) is 2. The van der Waals surface area contributed by atoms with Crippen molar-refractivity contribution in [1.29, 1.82) is 5.26 Å². The van der Waals surface area contributed by atoms with Gasteiger partial charge >= 0.3 is 5.97 Å². The van der Waals surface area contributed by atoms with Gasteiger partial charge in [-0.2, -0.15) is 10.2 Å². The van der Waals surface area contributed by atoms with Gasteiger partial charge in [-0.3, -0.25) is 4.57 Å². The highest BCUT2D eigenvalue weighted by atomic mass is 16.5. The van der Waals surface area contributed by atoms with Crippen molar-refractivity contribution in [3.63, 3.8) is 0 Å². The van der Waals surface area contributed by atoms with E-state index in [-0.39, 0.29) is 0 Å². The highest BCUT2D eigenvalue weighted by molar-refractivity contribution is 6.02. The lowest BCUT2D eigenvalue weighted by Crippen LogP contribution is -2.09. The van der Waals surface area contributed by atoms with E-state index < -0.39 is 5.97 Å². The zero-order chi connectivity index (χ0) is 21.8. The van der Waals surface area contributed by atoms with Crippen LogP contribution in [0.3, 0.4) is 0 Å². The number of carbonyl (C=O) groups excluding carboxylic acids is 1. The molecule has 6 heteroatoms. The Balaban J connectivity index is 1.82. The van der Waals surface area contributed by atoms with Crippen molar-refractivity contribution in [3.8, 4) is 23.2 Å². The first-order chi connectivity index (χ1) is 15.2. The zero-order valence-electron chi connectivity index (χ0n) is 17.3. The third-order valence-corrected chi connectivity index (χ3v) is 5.04. The second-order valence-corrected chi connectivity index (χ2v) is 6.94. The van der Waals surface area contributed by atoms with Gasteiger partial charge in [0.05, 0.1) is 48.5 Å². The quantitative estimate of drug-likeness (QED) is 0.426. The average molecular weight is 411 g/mol. The summed E-state index contributed by atoms with van der Waals surface area (Å²) >= 11 is 0. The van der Waals surface area contributed by atoms with E-state index in [1.807, 2.05) is 66.1 Å². The van der Waals surface area contributed by atoms with Crippen LogP contribution in [-0.4, -0.2) is 29.2 Å². The van der Waals surface area contributed by atoms with Gasteiger partial charge in [0.15, 0.2) is 0 Å². The van der Waals surface area contributed by atoms with Crippen molar-refractivity contribution in [2.75, 3.05) is 13.7 Å². The molecule has 3 aromatic carbocycles. The first-order valence-electron chi connectivity index (χ1n) is 9.95. The minimum absolute atomic E-state index is 0.392. The Labute approximate surface area is 180 Å². The number of para-hydroxylation sites is 1. The van der Waals surface area contributed by atoms with E-state index in [4.69, 9.17) is 9.47 Å². The van der Waals surface area contributed by atoms with Crippen molar-refractivity contribution < 1.29 is 14.3 Å². The van der Waals surface area contributed by atoms with Crippen LogP contribution < -0.4 is 4.74 Å². The molecule has 154 valence electrons. The number of imidazole rings is 1. The fourth-order valence-electron chi connectivity index (χ4n) is 3.66. The Morgan fingerprint density at radius 1 is 1.10 bits per heavy atom. The van der Waals surface area contributed by atoms with Crippen LogP contribution >= 0.6 is 0 Å². The lowest BCUT2D eigenvalue weighted by molar-refractivity contribution is 0.0602. The molecule has 0 N–H and O–H groups in total. The minimum Gasteiger partial charge on any atom is -0.465 e. The first-order valence-corrected chi connectivity index (χ1v) is 9.95. The van der Waals surface area contributed by atoms with E-state index in [0.717, 1.165) is 16.7 Å². The van der Waals surface area contributed by atoms with E-state index in [1.54, 1.807) is 12.1 Å². The van der Waals surface area contributed by atoms with E-state index in [9.17, 15) is 10.1 Å². The Hall–Kier alpha value is -4.11. The number of nitrogens with zero attached hydrogens (tertiary/aromatic N) is 3. The zero-order valence-corrected chi connectivity index (χ0v) is 17.3. The number of rotatable bonds is 6. The van der Waals surface area contributed by atoms with Crippen LogP contribution in [0.5, 0.6) is 6.01 Å². The number of nitriles is 1. The number of benzene rings is 3. The highest BCUT2D eigenvalue weighted by Gasteiger charge is 2.20. The summed E-state index contributed by atoms with van der Waals surface area (Å²) < 4.78 is 12.6. The molecule has 31 heavy (non-hydrogen) atoms. The number of aromatic nitrogens is 2. The molecule has 4 aromatic rings. The van der Waals surface area contributed by atoms with Gasteiger partial charge in [-0.15, -0.1) is 0 Å². The SMILES string of the molecule is CCOc1nc2cccc(C(=O)OC)c2n1Cc1ccc(-c2ccccc2)c(C#N)c1. The Morgan fingerprint density at radius 2 is 1.90 bits per heavy atom. The largest absolute Gasteiger partial charge is 0.465 e. The number of esters is 1. The van der Waals surface area contributed by atoms with Gasteiger partial charge in [-0.25, -0.2) is 4.79 Å². The molecule has 1 aromatic heterocycles. The second-order valence-electron chi connectivity index (χ2n) is 6.94. The topological polar surface area (TPSA) is 77.1 Å². The average Bonchev–Trinajstić information content (AvgIpc) is 3.16. The van der Waals surface area contributed by atoms with Crippen LogP contribution in [0.15, 0.2) is 66.7 Å². The van der Waals surface area contributed by atoms with Crippen molar-refractivity contribution >= 4 is 17.0 Å². The molecule has 0 fully saturated rings. The van der Waals surface area contributed by atoms with Crippen LogP contribution in [0.1, 0.15) is 28.4 Å². The Morgan fingerprint density at radius 3 is 2.61 bits per heavy atom. The van der Waals surface area contributed by atoms with Crippen LogP contribution in [0.2, 0.25) is 0 Å². The fraction of sp³-hybridized carbons (Fsp3) is 0.160. The summed E-state index contributed by atoms with van der Waals surface area (Å²) in [4.78, 5) is 16.9. The summed E-state index contributed by atoms with van der Waals surface area (Å²) in [5, 5.41) is 9.73. The maximum atomic E-state index is 12.4. The van der Waals surface area contributed by atoms with Gasteiger partial charge in [0.2, 0.25) is 0 Å². The molecule has 0 spiro atoms. The summed E-state index contributed by atoms with van der Waals surface area (Å²) in [5.41, 5.74) is 5.05. The summed E-state index contributed by atoms with van der Waals surface area (Å²) in [7, 11) is 1.35. The normalized spacial score (nSPS) is 10.6. The van der Waals surface area contributed by atoms with E-state index >= 15 is 0 Å². The molecule has 0 saturated heterocycles. The molecule has 1 heterocycles. The van der Waals surface area contributed by atoms with Crippen molar-refractivity contribution in [1.82, 2.24) is 9.55 Å². The molecule has 0 atom stereocenters. The number of methoxy groups -OCH3 is 1. The standard InChI is InChI=1S/C25H21N3O3/c1-3-31-25-27-22-11-7-10-21(24(29)30-2)23(22)28(25)16-17-12-13-20(19(14-17)15-26)18-8-5-4-6-9-18/h4-14H,3,16H2,1-2H3. The lowest BCUT2D eigenvalue weighted by Gasteiger charge is -2.12. The monoisotopic (exact) mass is 411 g/mol.